The first-order valence-corrected chi connectivity index (χ1v) is 7.86. The molecule has 1 saturated heterocycles. The second-order valence-electron chi connectivity index (χ2n) is 5.78. The van der Waals surface area contributed by atoms with Gasteiger partial charge in [-0.2, -0.15) is 5.26 Å². The second kappa shape index (κ2) is 7.26. The fourth-order valence-electron chi connectivity index (χ4n) is 2.82. The van der Waals surface area contributed by atoms with E-state index in [9.17, 15) is 4.39 Å². The maximum atomic E-state index is 12.9. The van der Waals surface area contributed by atoms with Crippen LogP contribution >= 0.6 is 0 Å². The zero-order valence-corrected chi connectivity index (χ0v) is 12.9. The van der Waals surface area contributed by atoms with Crippen molar-refractivity contribution in [1.82, 2.24) is 0 Å². The Labute approximate surface area is 135 Å². The summed E-state index contributed by atoms with van der Waals surface area (Å²) in [6, 6.07) is 16.3. The average molecular weight is 310 g/mol. The largest absolute Gasteiger partial charge is 0.373 e. The fraction of sp³-hybridized carbons (Fsp3) is 0.316. The van der Waals surface area contributed by atoms with E-state index in [0.29, 0.717) is 12.2 Å². The highest BCUT2D eigenvalue weighted by Crippen LogP contribution is 2.22. The van der Waals surface area contributed by atoms with Crippen LogP contribution in [0.15, 0.2) is 48.5 Å². The molecule has 23 heavy (non-hydrogen) atoms. The number of halogens is 1. The third kappa shape index (κ3) is 4.08. The molecule has 4 heteroatoms. The Balaban J connectivity index is 1.48. The highest BCUT2D eigenvalue weighted by atomic mass is 19.1. The standard InChI is InChI=1S/C19H19FN2O/c20-17-5-1-16(2-6-17)14-23-19-9-11-22(12-10-19)18-7-3-15(13-21)4-8-18/h1-8,19H,9-12,14H2. The molecular formula is C19H19FN2O. The Morgan fingerprint density at radius 2 is 1.70 bits per heavy atom. The van der Waals surface area contributed by atoms with Crippen molar-refractivity contribution in [2.24, 2.45) is 0 Å². The predicted octanol–water partition coefficient (Wildman–Crippen LogP) is 3.88. The third-order valence-corrected chi connectivity index (χ3v) is 4.20. The molecule has 0 bridgehead atoms. The van der Waals surface area contributed by atoms with Gasteiger partial charge in [0.1, 0.15) is 5.82 Å². The van der Waals surface area contributed by atoms with Gasteiger partial charge in [-0.1, -0.05) is 12.1 Å². The summed E-state index contributed by atoms with van der Waals surface area (Å²) in [6.45, 7) is 2.42. The molecule has 0 unspecified atom stereocenters. The van der Waals surface area contributed by atoms with Gasteiger partial charge >= 0.3 is 0 Å². The molecule has 0 aliphatic carbocycles. The first kappa shape index (κ1) is 15.5. The quantitative estimate of drug-likeness (QED) is 0.860. The molecule has 0 saturated carbocycles. The van der Waals surface area contributed by atoms with Crippen LogP contribution in [0, 0.1) is 17.1 Å². The van der Waals surface area contributed by atoms with E-state index in [1.165, 1.54) is 12.1 Å². The Hall–Kier alpha value is -2.38. The zero-order chi connectivity index (χ0) is 16.1. The van der Waals surface area contributed by atoms with E-state index in [2.05, 4.69) is 11.0 Å². The number of anilines is 1. The van der Waals surface area contributed by atoms with Gasteiger partial charge in [0.15, 0.2) is 0 Å². The third-order valence-electron chi connectivity index (χ3n) is 4.20. The number of hydrogen-bond donors (Lipinski definition) is 0. The van der Waals surface area contributed by atoms with E-state index in [1.807, 2.05) is 24.3 Å². The minimum atomic E-state index is -0.218. The summed E-state index contributed by atoms with van der Waals surface area (Å²) in [6.07, 6.45) is 2.19. The molecule has 1 aliphatic rings. The molecule has 118 valence electrons. The molecule has 2 aromatic carbocycles. The van der Waals surface area contributed by atoms with Crippen LogP contribution in [-0.4, -0.2) is 19.2 Å². The monoisotopic (exact) mass is 310 g/mol. The zero-order valence-electron chi connectivity index (χ0n) is 12.9. The van der Waals surface area contributed by atoms with Crippen molar-refractivity contribution >= 4 is 5.69 Å². The molecule has 0 amide bonds. The molecule has 0 spiro atoms. The van der Waals surface area contributed by atoms with Gasteiger partial charge in [0.25, 0.3) is 0 Å². The van der Waals surface area contributed by atoms with Crippen molar-refractivity contribution in [2.45, 2.75) is 25.6 Å². The lowest BCUT2D eigenvalue weighted by Crippen LogP contribution is -2.36. The van der Waals surface area contributed by atoms with Crippen LogP contribution in [0.5, 0.6) is 0 Å². The molecule has 3 rings (SSSR count). The van der Waals surface area contributed by atoms with Crippen LogP contribution in [0.3, 0.4) is 0 Å². The van der Waals surface area contributed by atoms with Crippen LogP contribution in [-0.2, 0) is 11.3 Å². The number of rotatable bonds is 4. The lowest BCUT2D eigenvalue weighted by atomic mass is 10.1. The van der Waals surface area contributed by atoms with Crippen LogP contribution < -0.4 is 4.90 Å². The number of piperidine rings is 1. The predicted molar refractivity (Wildman–Crippen MR) is 87.6 cm³/mol. The van der Waals surface area contributed by atoms with Gasteiger partial charge < -0.3 is 9.64 Å². The summed E-state index contributed by atoms with van der Waals surface area (Å²) in [5, 5.41) is 8.84. The van der Waals surface area contributed by atoms with E-state index in [0.717, 1.165) is 37.2 Å². The number of nitrogens with zero attached hydrogens (tertiary/aromatic N) is 2. The molecule has 0 radical (unpaired) electrons. The van der Waals surface area contributed by atoms with E-state index in [-0.39, 0.29) is 11.9 Å². The van der Waals surface area contributed by atoms with Gasteiger partial charge in [-0.25, -0.2) is 4.39 Å². The van der Waals surface area contributed by atoms with E-state index in [1.54, 1.807) is 12.1 Å². The molecule has 1 fully saturated rings. The van der Waals surface area contributed by atoms with Crippen LogP contribution in [0.25, 0.3) is 0 Å². The fourth-order valence-corrected chi connectivity index (χ4v) is 2.82. The summed E-state index contributed by atoms with van der Waals surface area (Å²) >= 11 is 0. The Morgan fingerprint density at radius 3 is 2.30 bits per heavy atom. The Morgan fingerprint density at radius 1 is 1.04 bits per heavy atom. The molecule has 0 N–H and O–H groups in total. The van der Waals surface area contributed by atoms with Gasteiger partial charge in [-0.05, 0) is 54.8 Å². The van der Waals surface area contributed by atoms with E-state index < -0.39 is 0 Å². The van der Waals surface area contributed by atoms with Gasteiger partial charge in [0.2, 0.25) is 0 Å². The highest BCUT2D eigenvalue weighted by Gasteiger charge is 2.19. The minimum absolute atomic E-state index is 0.218. The summed E-state index contributed by atoms with van der Waals surface area (Å²) in [5.41, 5.74) is 2.84. The normalized spacial score (nSPS) is 15.4. The molecule has 0 aromatic heterocycles. The van der Waals surface area contributed by atoms with Crippen LogP contribution in [0.1, 0.15) is 24.0 Å². The molecule has 2 aromatic rings. The smallest absolute Gasteiger partial charge is 0.123 e. The van der Waals surface area contributed by atoms with E-state index in [4.69, 9.17) is 10.00 Å². The first-order valence-electron chi connectivity index (χ1n) is 7.86. The van der Waals surface area contributed by atoms with Crippen LogP contribution in [0.2, 0.25) is 0 Å². The van der Waals surface area contributed by atoms with Gasteiger partial charge in [0.05, 0.1) is 24.3 Å². The van der Waals surface area contributed by atoms with Crippen molar-refractivity contribution in [1.29, 1.82) is 5.26 Å². The second-order valence-corrected chi connectivity index (χ2v) is 5.78. The molecule has 1 heterocycles. The summed E-state index contributed by atoms with van der Waals surface area (Å²) in [5.74, 6) is -0.218. The van der Waals surface area contributed by atoms with Crippen molar-refractivity contribution in [2.75, 3.05) is 18.0 Å². The van der Waals surface area contributed by atoms with Crippen molar-refractivity contribution in [3.05, 3.63) is 65.5 Å². The van der Waals surface area contributed by atoms with Gasteiger partial charge in [-0.15, -0.1) is 0 Å². The number of nitriles is 1. The first-order chi connectivity index (χ1) is 11.2. The summed E-state index contributed by atoms with van der Waals surface area (Å²) in [4.78, 5) is 2.32. The lowest BCUT2D eigenvalue weighted by Gasteiger charge is -2.33. The topological polar surface area (TPSA) is 36.3 Å². The molecule has 3 nitrogen and oxygen atoms in total. The number of benzene rings is 2. The van der Waals surface area contributed by atoms with Crippen LogP contribution in [0.4, 0.5) is 10.1 Å². The number of hydrogen-bond acceptors (Lipinski definition) is 3. The summed E-state index contributed by atoms with van der Waals surface area (Å²) < 4.78 is 18.8. The summed E-state index contributed by atoms with van der Waals surface area (Å²) in [7, 11) is 0. The average Bonchev–Trinajstić information content (AvgIpc) is 2.62. The molecule has 1 aliphatic heterocycles. The molecular weight excluding hydrogens is 291 g/mol. The highest BCUT2D eigenvalue weighted by molar-refractivity contribution is 5.49. The van der Waals surface area contributed by atoms with Crippen molar-refractivity contribution < 1.29 is 9.13 Å². The van der Waals surface area contributed by atoms with E-state index >= 15 is 0 Å². The Bertz CT molecular complexity index is 668. The van der Waals surface area contributed by atoms with Gasteiger partial charge in [-0.3, -0.25) is 0 Å². The SMILES string of the molecule is N#Cc1ccc(N2CCC(OCc3ccc(F)cc3)CC2)cc1. The van der Waals surface area contributed by atoms with Crippen molar-refractivity contribution in [3.63, 3.8) is 0 Å². The lowest BCUT2D eigenvalue weighted by molar-refractivity contribution is 0.0251. The maximum absolute atomic E-state index is 12.9. The van der Waals surface area contributed by atoms with Gasteiger partial charge in [0, 0.05) is 18.8 Å². The maximum Gasteiger partial charge on any atom is 0.123 e. The number of ether oxygens (including phenoxy) is 1. The molecule has 0 atom stereocenters. The Kier molecular flexibility index (Phi) is 4.89. The minimum Gasteiger partial charge on any atom is -0.373 e. The van der Waals surface area contributed by atoms with Crippen molar-refractivity contribution in [3.8, 4) is 6.07 Å².